The number of hydrogen-bond donors (Lipinski definition) is 0. The first kappa shape index (κ1) is 17.3. The molecule has 1 fully saturated rings. The van der Waals surface area contributed by atoms with Crippen LogP contribution in [0, 0.1) is 0 Å². The zero-order chi connectivity index (χ0) is 18.8. The molecule has 0 unspecified atom stereocenters. The van der Waals surface area contributed by atoms with Crippen LogP contribution in [-0.4, -0.2) is 50.3 Å². The molecule has 0 bridgehead atoms. The molecule has 2 aliphatic rings. The number of morpholine rings is 1. The topological polar surface area (TPSA) is 59.1 Å². The van der Waals surface area contributed by atoms with Gasteiger partial charge in [-0.1, -0.05) is 30.3 Å². The van der Waals surface area contributed by atoms with Gasteiger partial charge in [0, 0.05) is 31.3 Å². The van der Waals surface area contributed by atoms with Gasteiger partial charge in [-0.2, -0.15) is 0 Å². The van der Waals surface area contributed by atoms with Crippen LogP contribution in [-0.2, 0) is 9.47 Å². The highest BCUT2D eigenvalue weighted by molar-refractivity contribution is 6.04. The molecule has 0 radical (unpaired) electrons. The Hall–Kier alpha value is -3.12. The van der Waals surface area contributed by atoms with Crippen LogP contribution in [0.5, 0.6) is 0 Å². The Morgan fingerprint density at radius 3 is 2.56 bits per heavy atom. The lowest BCUT2D eigenvalue weighted by Crippen LogP contribution is -2.40. The van der Waals surface area contributed by atoms with Crippen LogP contribution in [0.3, 0.4) is 0 Å². The van der Waals surface area contributed by atoms with Gasteiger partial charge in [-0.3, -0.25) is 9.69 Å². The highest BCUT2D eigenvalue weighted by Crippen LogP contribution is 2.35. The van der Waals surface area contributed by atoms with Crippen molar-refractivity contribution in [3.63, 3.8) is 0 Å². The fourth-order valence-electron chi connectivity index (χ4n) is 3.22. The maximum atomic E-state index is 12.8. The van der Waals surface area contributed by atoms with E-state index < -0.39 is 6.09 Å². The molecule has 2 aromatic rings. The van der Waals surface area contributed by atoms with Crippen molar-refractivity contribution >= 4 is 29.5 Å². The van der Waals surface area contributed by atoms with Crippen molar-refractivity contribution in [2.24, 2.45) is 0 Å². The van der Waals surface area contributed by atoms with Crippen molar-refractivity contribution in [1.29, 1.82) is 0 Å². The first-order valence-corrected chi connectivity index (χ1v) is 8.87. The van der Waals surface area contributed by atoms with E-state index in [1.165, 1.54) is 4.90 Å². The first-order chi connectivity index (χ1) is 13.1. The van der Waals surface area contributed by atoms with Gasteiger partial charge in [0.05, 0.1) is 18.9 Å². The van der Waals surface area contributed by atoms with E-state index in [1.54, 1.807) is 24.1 Å². The summed E-state index contributed by atoms with van der Waals surface area (Å²) in [5.74, 6) is 0.423. The zero-order valence-electron chi connectivity index (χ0n) is 15.1. The number of carbonyl (C=O) groups excluding carboxylic acids is 2. The van der Waals surface area contributed by atoms with Crippen LogP contribution in [0.25, 0.3) is 11.8 Å². The summed E-state index contributed by atoms with van der Waals surface area (Å²) in [4.78, 5) is 28.3. The largest absolute Gasteiger partial charge is 0.419 e. The van der Waals surface area contributed by atoms with Crippen LogP contribution >= 0.6 is 0 Å². The zero-order valence-corrected chi connectivity index (χ0v) is 15.1. The Labute approximate surface area is 157 Å². The molecule has 0 spiro atoms. The lowest BCUT2D eigenvalue weighted by atomic mass is 10.0. The van der Waals surface area contributed by atoms with Crippen molar-refractivity contribution in [2.45, 2.75) is 0 Å². The number of hydrogen-bond acceptors (Lipinski definition) is 4. The number of ether oxygens (including phenoxy) is 2. The normalized spacial score (nSPS) is 18.3. The molecule has 6 heteroatoms. The fraction of sp³-hybridized carbons (Fsp3) is 0.238. The van der Waals surface area contributed by atoms with Gasteiger partial charge in [-0.05, 0) is 29.8 Å². The average Bonchev–Trinajstić information content (AvgIpc) is 2.72. The Bertz CT molecular complexity index is 902. The van der Waals surface area contributed by atoms with Gasteiger partial charge in [0.15, 0.2) is 0 Å². The van der Waals surface area contributed by atoms with Crippen molar-refractivity contribution in [3.8, 4) is 0 Å². The quantitative estimate of drug-likeness (QED) is 0.821. The number of cyclic esters (lactones) is 1. The van der Waals surface area contributed by atoms with Gasteiger partial charge in [0.2, 0.25) is 0 Å². The van der Waals surface area contributed by atoms with E-state index in [4.69, 9.17) is 9.47 Å². The van der Waals surface area contributed by atoms with Gasteiger partial charge >= 0.3 is 6.09 Å². The van der Waals surface area contributed by atoms with E-state index in [2.05, 4.69) is 0 Å². The molecular weight excluding hydrogens is 344 g/mol. The highest BCUT2D eigenvalue weighted by Gasteiger charge is 2.28. The lowest BCUT2D eigenvalue weighted by Gasteiger charge is -2.29. The number of carbonyl (C=O) groups is 2. The molecule has 0 N–H and O–H groups in total. The Kier molecular flexibility index (Phi) is 4.64. The molecule has 0 atom stereocenters. The van der Waals surface area contributed by atoms with Crippen molar-refractivity contribution in [3.05, 3.63) is 65.2 Å². The molecule has 4 rings (SSSR count). The molecule has 0 aliphatic carbocycles. The number of rotatable bonds is 2. The summed E-state index contributed by atoms with van der Waals surface area (Å²) in [6.07, 6.45) is 1.35. The monoisotopic (exact) mass is 364 g/mol. The van der Waals surface area contributed by atoms with Crippen molar-refractivity contribution < 1.29 is 19.1 Å². The maximum absolute atomic E-state index is 12.8. The molecule has 2 aromatic carbocycles. The summed E-state index contributed by atoms with van der Waals surface area (Å²) < 4.78 is 10.8. The third-order valence-electron chi connectivity index (χ3n) is 4.74. The standard InChI is InChI=1S/C21H20N2O4/c1-22-18-14-16(20(24)23-9-11-26-12-10-23)7-8-17(18)19(27-21(22)25)13-15-5-3-2-4-6-15/h2-8,13-14H,9-12H2,1H3/b19-13-. The molecule has 2 heterocycles. The Morgan fingerprint density at radius 2 is 1.81 bits per heavy atom. The lowest BCUT2D eigenvalue weighted by molar-refractivity contribution is 0.0303. The third kappa shape index (κ3) is 3.44. The second kappa shape index (κ2) is 7.25. The van der Waals surface area contributed by atoms with E-state index in [0.29, 0.717) is 43.3 Å². The molecule has 0 saturated carbocycles. The minimum absolute atomic E-state index is 0.0537. The molecule has 1 saturated heterocycles. The summed E-state index contributed by atoms with van der Waals surface area (Å²) in [6.45, 7) is 2.25. The predicted octanol–water partition coefficient (Wildman–Crippen LogP) is 3.24. The fourth-order valence-corrected chi connectivity index (χ4v) is 3.22. The molecular formula is C21H20N2O4. The van der Waals surface area contributed by atoms with Crippen LogP contribution in [0.2, 0.25) is 0 Å². The number of anilines is 1. The summed E-state index contributed by atoms with van der Waals surface area (Å²) in [5, 5.41) is 0. The predicted molar refractivity (Wildman–Crippen MR) is 102 cm³/mol. The smallest absolute Gasteiger partial charge is 0.409 e. The van der Waals surface area contributed by atoms with E-state index in [0.717, 1.165) is 11.1 Å². The summed E-state index contributed by atoms with van der Waals surface area (Å²) in [7, 11) is 1.64. The Morgan fingerprint density at radius 1 is 1.07 bits per heavy atom. The van der Waals surface area contributed by atoms with E-state index in [1.807, 2.05) is 42.5 Å². The molecule has 27 heavy (non-hydrogen) atoms. The van der Waals surface area contributed by atoms with E-state index in [9.17, 15) is 9.59 Å². The van der Waals surface area contributed by atoms with Crippen LogP contribution in [0.15, 0.2) is 48.5 Å². The molecule has 6 nitrogen and oxygen atoms in total. The van der Waals surface area contributed by atoms with Gasteiger partial charge < -0.3 is 14.4 Å². The molecule has 138 valence electrons. The molecule has 2 aliphatic heterocycles. The van der Waals surface area contributed by atoms with Crippen LogP contribution < -0.4 is 4.90 Å². The van der Waals surface area contributed by atoms with Gasteiger partial charge in [0.1, 0.15) is 5.76 Å². The summed E-state index contributed by atoms with van der Waals surface area (Å²) in [5.41, 5.74) is 2.92. The maximum Gasteiger partial charge on any atom is 0.419 e. The van der Waals surface area contributed by atoms with Crippen LogP contribution in [0.1, 0.15) is 21.5 Å². The van der Waals surface area contributed by atoms with E-state index in [-0.39, 0.29) is 5.91 Å². The Balaban J connectivity index is 1.71. The third-order valence-corrected chi connectivity index (χ3v) is 4.74. The van der Waals surface area contributed by atoms with Gasteiger partial charge in [0.25, 0.3) is 5.91 Å². The second-order valence-electron chi connectivity index (χ2n) is 6.48. The second-order valence-corrected chi connectivity index (χ2v) is 6.48. The van der Waals surface area contributed by atoms with Crippen molar-refractivity contribution in [2.75, 3.05) is 38.3 Å². The van der Waals surface area contributed by atoms with Gasteiger partial charge in [-0.15, -0.1) is 0 Å². The summed E-state index contributed by atoms with van der Waals surface area (Å²) in [6, 6.07) is 15.0. The van der Waals surface area contributed by atoms with E-state index >= 15 is 0 Å². The minimum atomic E-state index is -0.472. The first-order valence-electron chi connectivity index (χ1n) is 8.87. The number of amides is 2. The number of nitrogens with zero attached hydrogens (tertiary/aromatic N) is 2. The number of fused-ring (bicyclic) bond motifs is 1. The molecule has 2 amide bonds. The van der Waals surface area contributed by atoms with Crippen LogP contribution in [0.4, 0.5) is 10.5 Å². The van der Waals surface area contributed by atoms with Crippen molar-refractivity contribution in [1.82, 2.24) is 4.90 Å². The SMILES string of the molecule is CN1C(=O)O/C(=C\c2ccccc2)c2ccc(C(=O)N3CCOCC3)cc21. The molecule has 0 aromatic heterocycles. The minimum Gasteiger partial charge on any atom is -0.409 e. The summed E-state index contributed by atoms with van der Waals surface area (Å²) >= 11 is 0. The van der Waals surface area contributed by atoms with Gasteiger partial charge in [-0.25, -0.2) is 4.79 Å². The highest BCUT2D eigenvalue weighted by atomic mass is 16.6. The average molecular weight is 364 g/mol. The number of benzene rings is 2.